The van der Waals surface area contributed by atoms with Crippen LogP contribution in [0.2, 0.25) is 0 Å². The molecule has 0 radical (unpaired) electrons. The first kappa shape index (κ1) is 19.5. The standard InChI is InChI=1S/C16H25N7O3S/c1-11-14(12(2)22(3)21-11)27(24,25)17-10-13-18-15(20-16(19-13)26-4)23-8-6-5-7-9-23/h17H,5-10H2,1-4H3. The van der Waals surface area contributed by atoms with Gasteiger partial charge in [-0.3, -0.25) is 4.68 Å². The predicted molar refractivity (Wildman–Crippen MR) is 99.2 cm³/mol. The zero-order chi connectivity index (χ0) is 19.6. The number of sulfonamides is 1. The third-order valence-electron chi connectivity index (χ3n) is 4.60. The molecule has 1 fully saturated rings. The topological polar surface area (TPSA) is 115 Å². The summed E-state index contributed by atoms with van der Waals surface area (Å²) in [6.07, 6.45) is 3.35. The lowest BCUT2D eigenvalue weighted by atomic mass is 10.1. The van der Waals surface area contributed by atoms with E-state index in [9.17, 15) is 8.42 Å². The van der Waals surface area contributed by atoms with Crippen LogP contribution in [0.25, 0.3) is 0 Å². The number of rotatable bonds is 6. The summed E-state index contributed by atoms with van der Waals surface area (Å²) in [6, 6.07) is 0.175. The molecule has 0 aliphatic carbocycles. The third-order valence-corrected chi connectivity index (χ3v) is 6.26. The highest BCUT2D eigenvalue weighted by molar-refractivity contribution is 7.89. The van der Waals surface area contributed by atoms with Crippen molar-refractivity contribution in [1.82, 2.24) is 29.5 Å². The number of nitrogens with zero attached hydrogens (tertiary/aromatic N) is 6. The van der Waals surface area contributed by atoms with Gasteiger partial charge in [-0.15, -0.1) is 0 Å². The van der Waals surface area contributed by atoms with Gasteiger partial charge in [0.2, 0.25) is 16.0 Å². The Balaban J connectivity index is 1.82. The molecule has 0 atom stereocenters. The zero-order valence-corrected chi connectivity index (χ0v) is 16.9. The van der Waals surface area contributed by atoms with Crippen molar-refractivity contribution in [3.05, 3.63) is 17.2 Å². The molecule has 0 saturated carbocycles. The number of nitrogens with one attached hydrogen (secondary N) is 1. The van der Waals surface area contributed by atoms with Crippen LogP contribution in [0.3, 0.4) is 0 Å². The summed E-state index contributed by atoms with van der Waals surface area (Å²) in [6.45, 7) is 5.06. The van der Waals surface area contributed by atoms with Crippen molar-refractivity contribution in [2.75, 3.05) is 25.1 Å². The van der Waals surface area contributed by atoms with Crippen molar-refractivity contribution in [1.29, 1.82) is 0 Å². The minimum absolute atomic E-state index is 0.0597. The number of aryl methyl sites for hydroxylation is 2. The van der Waals surface area contributed by atoms with Gasteiger partial charge < -0.3 is 9.64 Å². The van der Waals surface area contributed by atoms with Crippen molar-refractivity contribution in [2.24, 2.45) is 7.05 Å². The molecule has 1 N–H and O–H groups in total. The highest BCUT2D eigenvalue weighted by Gasteiger charge is 2.24. The van der Waals surface area contributed by atoms with Gasteiger partial charge in [-0.1, -0.05) is 0 Å². The van der Waals surface area contributed by atoms with E-state index in [1.54, 1.807) is 25.6 Å². The summed E-state index contributed by atoms with van der Waals surface area (Å²) < 4.78 is 34.7. The van der Waals surface area contributed by atoms with Gasteiger partial charge in [-0.05, 0) is 33.1 Å². The highest BCUT2D eigenvalue weighted by Crippen LogP contribution is 2.20. The lowest BCUT2D eigenvalue weighted by molar-refractivity contribution is 0.374. The normalized spacial score (nSPS) is 15.2. The summed E-state index contributed by atoms with van der Waals surface area (Å²) in [5.74, 6) is 0.828. The van der Waals surface area contributed by atoms with Gasteiger partial charge in [0.15, 0.2) is 5.82 Å². The van der Waals surface area contributed by atoms with Crippen LogP contribution in [0.4, 0.5) is 5.95 Å². The molecular weight excluding hydrogens is 370 g/mol. The molecule has 11 heteroatoms. The number of aromatic nitrogens is 5. The van der Waals surface area contributed by atoms with E-state index in [1.165, 1.54) is 13.5 Å². The summed E-state index contributed by atoms with van der Waals surface area (Å²) in [4.78, 5) is 15.2. The van der Waals surface area contributed by atoms with E-state index in [4.69, 9.17) is 4.74 Å². The van der Waals surface area contributed by atoms with Gasteiger partial charge in [-0.25, -0.2) is 13.1 Å². The maximum atomic E-state index is 12.7. The van der Waals surface area contributed by atoms with Crippen molar-refractivity contribution in [2.45, 2.75) is 44.6 Å². The average Bonchev–Trinajstić information content (AvgIpc) is 2.93. The van der Waals surface area contributed by atoms with Crippen LogP contribution in [-0.2, 0) is 23.6 Å². The van der Waals surface area contributed by atoms with Crippen molar-refractivity contribution in [3.63, 3.8) is 0 Å². The highest BCUT2D eigenvalue weighted by atomic mass is 32.2. The molecule has 10 nitrogen and oxygen atoms in total. The van der Waals surface area contributed by atoms with E-state index in [0.29, 0.717) is 23.2 Å². The molecule has 1 saturated heterocycles. The molecule has 0 spiro atoms. The second kappa shape index (κ2) is 7.77. The van der Waals surface area contributed by atoms with Crippen LogP contribution in [-0.4, -0.2) is 53.3 Å². The molecule has 0 bridgehead atoms. The molecule has 27 heavy (non-hydrogen) atoms. The van der Waals surface area contributed by atoms with Gasteiger partial charge in [0, 0.05) is 20.1 Å². The fourth-order valence-corrected chi connectivity index (χ4v) is 4.58. The maximum Gasteiger partial charge on any atom is 0.321 e. The molecule has 2 aromatic rings. The second-order valence-electron chi connectivity index (χ2n) is 6.53. The summed E-state index contributed by atoms with van der Waals surface area (Å²) in [5.41, 5.74) is 1.02. The summed E-state index contributed by atoms with van der Waals surface area (Å²) in [7, 11) is -0.555. The summed E-state index contributed by atoms with van der Waals surface area (Å²) >= 11 is 0. The largest absolute Gasteiger partial charge is 0.467 e. The van der Waals surface area contributed by atoms with E-state index >= 15 is 0 Å². The van der Waals surface area contributed by atoms with Crippen LogP contribution in [0, 0.1) is 13.8 Å². The van der Waals surface area contributed by atoms with Crippen LogP contribution < -0.4 is 14.4 Å². The SMILES string of the molecule is COc1nc(CNS(=O)(=O)c2c(C)nn(C)c2C)nc(N2CCCCC2)n1. The Morgan fingerprint density at radius 1 is 1.11 bits per heavy atom. The van der Waals surface area contributed by atoms with Crippen LogP contribution >= 0.6 is 0 Å². The fraction of sp³-hybridized carbons (Fsp3) is 0.625. The number of ether oxygens (including phenoxy) is 1. The average molecular weight is 395 g/mol. The van der Waals surface area contributed by atoms with Crippen LogP contribution in [0.15, 0.2) is 4.90 Å². The number of piperidine rings is 1. The molecule has 148 valence electrons. The summed E-state index contributed by atoms with van der Waals surface area (Å²) in [5, 5.41) is 4.16. The second-order valence-corrected chi connectivity index (χ2v) is 8.24. The number of methoxy groups -OCH3 is 1. The van der Waals surface area contributed by atoms with E-state index in [-0.39, 0.29) is 17.5 Å². The van der Waals surface area contributed by atoms with Crippen LogP contribution in [0.1, 0.15) is 36.5 Å². The fourth-order valence-electron chi connectivity index (χ4n) is 3.17. The monoisotopic (exact) mass is 395 g/mol. The van der Waals surface area contributed by atoms with Crippen LogP contribution in [0.5, 0.6) is 6.01 Å². The Bertz CT molecular complexity index is 920. The Morgan fingerprint density at radius 3 is 2.41 bits per heavy atom. The van der Waals surface area contributed by atoms with Gasteiger partial charge in [-0.2, -0.15) is 20.1 Å². The molecule has 0 unspecified atom stereocenters. The Kier molecular flexibility index (Phi) is 5.61. The minimum atomic E-state index is -3.74. The number of hydrogen-bond acceptors (Lipinski definition) is 8. The predicted octanol–water partition coefficient (Wildman–Crippen LogP) is 0.699. The number of hydrogen-bond donors (Lipinski definition) is 1. The molecule has 1 aliphatic rings. The van der Waals surface area contributed by atoms with Crippen molar-refractivity contribution in [3.8, 4) is 6.01 Å². The number of anilines is 1. The molecule has 0 aromatic carbocycles. The molecule has 3 rings (SSSR count). The molecular formula is C16H25N7O3S. The van der Waals surface area contributed by atoms with Gasteiger partial charge >= 0.3 is 6.01 Å². The van der Waals surface area contributed by atoms with Crippen molar-refractivity contribution >= 4 is 16.0 Å². The van der Waals surface area contributed by atoms with Crippen molar-refractivity contribution < 1.29 is 13.2 Å². The zero-order valence-electron chi connectivity index (χ0n) is 16.1. The molecule has 1 aliphatic heterocycles. The Morgan fingerprint density at radius 2 is 1.81 bits per heavy atom. The van der Waals surface area contributed by atoms with E-state index < -0.39 is 10.0 Å². The van der Waals surface area contributed by atoms with Gasteiger partial charge in [0.1, 0.15) is 4.90 Å². The molecule has 2 aromatic heterocycles. The molecule has 3 heterocycles. The van der Waals surface area contributed by atoms with E-state index in [1.807, 2.05) is 0 Å². The lowest BCUT2D eigenvalue weighted by Crippen LogP contribution is -2.32. The Hall–Kier alpha value is -2.27. The first-order valence-electron chi connectivity index (χ1n) is 8.85. The smallest absolute Gasteiger partial charge is 0.321 e. The first-order valence-corrected chi connectivity index (χ1v) is 10.3. The minimum Gasteiger partial charge on any atom is -0.467 e. The van der Waals surface area contributed by atoms with Gasteiger partial charge in [0.05, 0.1) is 25.0 Å². The third kappa shape index (κ3) is 4.19. The Labute approximate surface area is 159 Å². The lowest BCUT2D eigenvalue weighted by Gasteiger charge is -2.26. The van der Waals surface area contributed by atoms with E-state index in [0.717, 1.165) is 25.9 Å². The maximum absolute atomic E-state index is 12.7. The molecule has 0 amide bonds. The van der Waals surface area contributed by atoms with Gasteiger partial charge in [0.25, 0.3) is 0 Å². The van der Waals surface area contributed by atoms with E-state index in [2.05, 4.69) is 29.7 Å². The quantitative estimate of drug-likeness (QED) is 0.760. The first-order chi connectivity index (χ1) is 12.8.